The van der Waals surface area contributed by atoms with Crippen molar-refractivity contribution in [2.24, 2.45) is 0 Å². The van der Waals surface area contributed by atoms with Gasteiger partial charge in [0.2, 0.25) is 11.8 Å². The van der Waals surface area contributed by atoms with E-state index in [0.717, 1.165) is 56.3 Å². The van der Waals surface area contributed by atoms with Crippen LogP contribution in [0.3, 0.4) is 0 Å². The van der Waals surface area contributed by atoms with E-state index < -0.39 is 5.41 Å². The van der Waals surface area contributed by atoms with Gasteiger partial charge >= 0.3 is 0 Å². The molecule has 1 saturated heterocycles. The summed E-state index contributed by atoms with van der Waals surface area (Å²) in [6, 6.07) is 12.7. The van der Waals surface area contributed by atoms with E-state index in [2.05, 4.69) is 46.4 Å². The molecule has 0 radical (unpaired) electrons. The summed E-state index contributed by atoms with van der Waals surface area (Å²) in [5.41, 5.74) is 3.92. The van der Waals surface area contributed by atoms with E-state index in [0.29, 0.717) is 6.54 Å². The highest BCUT2D eigenvalue weighted by molar-refractivity contribution is 5.89. The minimum Gasteiger partial charge on any atom is -0.352 e. The van der Waals surface area contributed by atoms with Crippen LogP contribution in [0.2, 0.25) is 0 Å². The summed E-state index contributed by atoms with van der Waals surface area (Å²) in [4.78, 5) is 32.0. The highest BCUT2D eigenvalue weighted by Gasteiger charge is 2.46. The molecule has 5 nitrogen and oxygen atoms in total. The van der Waals surface area contributed by atoms with Crippen LogP contribution in [0.1, 0.15) is 80.3 Å². The molecule has 0 spiro atoms. The number of amides is 2. The van der Waals surface area contributed by atoms with E-state index >= 15 is 0 Å². The standard InChI is InChI=1S/C26H33N3O2/c1-19-8-11-22(12-9-19)26(14-4-3-5-15-26)25(31)29-16-6-7-24(29)23-13-10-21(18-28-23)17-27-20(2)30/h8-13,18,24H,3-7,14-17H2,1-2H3,(H,27,30). The first-order chi connectivity index (χ1) is 15.0. The molecular weight excluding hydrogens is 386 g/mol. The van der Waals surface area contributed by atoms with Crippen molar-refractivity contribution in [3.8, 4) is 0 Å². The van der Waals surface area contributed by atoms with Gasteiger partial charge < -0.3 is 10.2 Å². The molecule has 1 aliphatic heterocycles. The number of likely N-dealkylation sites (tertiary alicyclic amines) is 1. The van der Waals surface area contributed by atoms with Crippen molar-refractivity contribution in [2.45, 2.75) is 76.8 Å². The van der Waals surface area contributed by atoms with Gasteiger partial charge in [-0.2, -0.15) is 0 Å². The van der Waals surface area contributed by atoms with E-state index in [1.807, 2.05) is 18.3 Å². The number of nitrogens with zero attached hydrogens (tertiary/aromatic N) is 2. The van der Waals surface area contributed by atoms with Gasteiger partial charge in [0.05, 0.1) is 17.2 Å². The van der Waals surface area contributed by atoms with Crippen molar-refractivity contribution in [2.75, 3.05) is 6.54 Å². The molecule has 2 fully saturated rings. The Bertz CT molecular complexity index is 915. The number of benzene rings is 1. The zero-order chi connectivity index (χ0) is 21.8. The third-order valence-electron chi connectivity index (χ3n) is 6.96. The summed E-state index contributed by atoms with van der Waals surface area (Å²) in [7, 11) is 0. The average Bonchev–Trinajstić information content (AvgIpc) is 3.28. The molecule has 1 unspecified atom stereocenters. The molecule has 1 aromatic heterocycles. The number of hydrogen-bond acceptors (Lipinski definition) is 3. The molecule has 2 aliphatic rings. The Kier molecular flexibility index (Phi) is 6.40. The molecule has 1 N–H and O–H groups in total. The second kappa shape index (κ2) is 9.21. The van der Waals surface area contributed by atoms with Crippen molar-refractivity contribution in [3.63, 3.8) is 0 Å². The van der Waals surface area contributed by atoms with Gasteiger partial charge in [-0.05, 0) is 49.8 Å². The zero-order valence-electron chi connectivity index (χ0n) is 18.7. The minimum atomic E-state index is -0.403. The highest BCUT2D eigenvalue weighted by atomic mass is 16.2. The summed E-state index contributed by atoms with van der Waals surface area (Å²) in [5, 5.41) is 2.80. The number of carbonyl (C=O) groups excluding carboxylic acids is 2. The molecule has 1 saturated carbocycles. The first-order valence-corrected chi connectivity index (χ1v) is 11.6. The zero-order valence-corrected chi connectivity index (χ0v) is 18.7. The summed E-state index contributed by atoms with van der Waals surface area (Å²) >= 11 is 0. The van der Waals surface area contributed by atoms with Crippen LogP contribution in [0.4, 0.5) is 0 Å². The highest BCUT2D eigenvalue weighted by Crippen LogP contribution is 2.44. The van der Waals surface area contributed by atoms with E-state index in [1.165, 1.54) is 24.5 Å². The Morgan fingerprint density at radius 2 is 1.81 bits per heavy atom. The SMILES string of the molecule is CC(=O)NCc1ccc(C2CCCN2C(=O)C2(c3ccc(C)cc3)CCCCC2)nc1. The van der Waals surface area contributed by atoms with Crippen LogP contribution in [0, 0.1) is 6.92 Å². The fourth-order valence-electron chi connectivity index (χ4n) is 5.21. The number of nitrogens with one attached hydrogen (secondary N) is 1. The van der Waals surface area contributed by atoms with Gasteiger partial charge in [0.25, 0.3) is 0 Å². The Hall–Kier alpha value is -2.69. The van der Waals surface area contributed by atoms with Gasteiger partial charge in [0.15, 0.2) is 0 Å². The van der Waals surface area contributed by atoms with Crippen LogP contribution in [0.5, 0.6) is 0 Å². The van der Waals surface area contributed by atoms with Gasteiger partial charge in [0.1, 0.15) is 0 Å². The lowest BCUT2D eigenvalue weighted by Gasteiger charge is -2.41. The predicted octanol–water partition coefficient (Wildman–Crippen LogP) is 4.59. The third kappa shape index (κ3) is 4.51. The molecule has 31 heavy (non-hydrogen) atoms. The molecule has 1 aliphatic carbocycles. The summed E-state index contributed by atoms with van der Waals surface area (Å²) in [5.74, 6) is 0.230. The van der Waals surface area contributed by atoms with Gasteiger partial charge in [-0.15, -0.1) is 0 Å². The van der Waals surface area contributed by atoms with Crippen LogP contribution in [-0.2, 0) is 21.5 Å². The maximum Gasteiger partial charge on any atom is 0.233 e. The Balaban J connectivity index is 1.58. The van der Waals surface area contributed by atoms with Crippen LogP contribution < -0.4 is 5.32 Å². The smallest absolute Gasteiger partial charge is 0.233 e. The van der Waals surface area contributed by atoms with Gasteiger partial charge in [-0.25, -0.2) is 0 Å². The van der Waals surface area contributed by atoms with Crippen LogP contribution >= 0.6 is 0 Å². The number of aromatic nitrogens is 1. The molecule has 4 rings (SSSR count). The topological polar surface area (TPSA) is 62.3 Å². The summed E-state index contributed by atoms with van der Waals surface area (Å²) in [6.07, 6.45) is 9.07. The molecule has 5 heteroatoms. The number of aryl methyl sites for hydroxylation is 1. The monoisotopic (exact) mass is 419 g/mol. The molecule has 1 atom stereocenters. The molecule has 2 heterocycles. The number of pyridine rings is 1. The lowest BCUT2D eigenvalue weighted by atomic mass is 9.68. The summed E-state index contributed by atoms with van der Waals surface area (Å²) < 4.78 is 0. The normalized spacial score (nSPS) is 20.5. The van der Waals surface area contributed by atoms with Gasteiger partial charge in [-0.1, -0.05) is 55.2 Å². The maximum atomic E-state index is 14.1. The van der Waals surface area contributed by atoms with Crippen LogP contribution in [0.15, 0.2) is 42.6 Å². The largest absolute Gasteiger partial charge is 0.352 e. The predicted molar refractivity (Wildman–Crippen MR) is 121 cm³/mol. The van der Waals surface area contributed by atoms with E-state index in [1.54, 1.807) is 0 Å². The first kappa shape index (κ1) is 21.5. The van der Waals surface area contributed by atoms with Gasteiger partial charge in [-0.3, -0.25) is 14.6 Å². The molecule has 164 valence electrons. The lowest BCUT2D eigenvalue weighted by Crippen LogP contribution is -2.48. The van der Waals surface area contributed by atoms with Crippen molar-refractivity contribution < 1.29 is 9.59 Å². The van der Waals surface area contributed by atoms with Crippen LogP contribution in [-0.4, -0.2) is 28.2 Å². The number of carbonyl (C=O) groups is 2. The fourth-order valence-corrected chi connectivity index (χ4v) is 5.21. The number of rotatable bonds is 5. The molecule has 2 amide bonds. The van der Waals surface area contributed by atoms with E-state index in [-0.39, 0.29) is 17.9 Å². The Labute approximate surface area is 185 Å². The van der Waals surface area contributed by atoms with Crippen molar-refractivity contribution in [1.82, 2.24) is 15.2 Å². The second-order valence-electron chi connectivity index (χ2n) is 9.17. The molecule has 0 bridgehead atoms. The average molecular weight is 420 g/mol. The minimum absolute atomic E-state index is 0.0339. The van der Waals surface area contributed by atoms with E-state index in [9.17, 15) is 9.59 Å². The van der Waals surface area contributed by atoms with Crippen molar-refractivity contribution >= 4 is 11.8 Å². The first-order valence-electron chi connectivity index (χ1n) is 11.6. The van der Waals surface area contributed by atoms with E-state index in [4.69, 9.17) is 0 Å². The third-order valence-corrected chi connectivity index (χ3v) is 6.96. The molecule has 2 aromatic rings. The molecule has 1 aromatic carbocycles. The van der Waals surface area contributed by atoms with Crippen molar-refractivity contribution in [3.05, 3.63) is 65.0 Å². The Morgan fingerprint density at radius 3 is 2.45 bits per heavy atom. The van der Waals surface area contributed by atoms with Crippen molar-refractivity contribution in [1.29, 1.82) is 0 Å². The number of hydrogen-bond donors (Lipinski definition) is 1. The van der Waals surface area contributed by atoms with Gasteiger partial charge in [0, 0.05) is 26.2 Å². The van der Waals surface area contributed by atoms with Crippen LogP contribution in [0.25, 0.3) is 0 Å². The lowest BCUT2D eigenvalue weighted by molar-refractivity contribution is -0.140. The fraction of sp³-hybridized carbons (Fsp3) is 0.500. The maximum absolute atomic E-state index is 14.1. The summed E-state index contributed by atoms with van der Waals surface area (Å²) in [6.45, 7) is 4.88. The Morgan fingerprint density at radius 1 is 1.06 bits per heavy atom. The molecular formula is C26H33N3O2. The second-order valence-corrected chi connectivity index (χ2v) is 9.17. The quantitative estimate of drug-likeness (QED) is 0.771.